The first-order chi connectivity index (χ1) is 13.3. The van der Waals surface area contributed by atoms with Gasteiger partial charge in [-0.15, -0.1) is 0 Å². The molecule has 2 nitrogen and oxygen atoms in total. The standard InChI is InChI=1S/C25H17NO/c1-26-21-13-4-2-9-20(21)24-17(10-7-14-22(24)26)19-12-6-11-18-16-8-3-5-15-23(16)27-25(18)19/h2-15H,1H3. The topological polar surface area (TPSA) is 18.1 Å². The van der Waals surface area contributed by atoms with Crippen molar-refractivity contribution >= 4 is 43.7 Å². The molecule has 0 fully saturated rings. The lowest BCUT2D eigenvalue weighted by atomic mass is 9.97. The molecule has 0 saturated carbocycles. The van der Waals surface area contributed by atoms with Crippen molar-refractivity contribution in [2.45, 2.75) is 0 Å². The molecule has 0 bridgehead atoms. The van der Waals surface area contributed by atoms with Crippen molar-refractivity contribution in [1.29, 1.82) is 0 Å². The van der Waals surface area contributed by atoms with Crippen molar-refractivity contribution in [3.63, 3.8) is 0 Å². The third-order valence-corrected chi connectivity index (χ3v) is 5.63. The van der Waals surface area contributed by atoms with Gasteiger partial charge in [-0.05, 0) is 23.8 Å². The number of para-hydroxylation sites is 3. The predicted molar refractivity (Wildman–Crippen MR) is 113 cm³/mol. The highest BCUT2D eigenvalue weighted by molar-refractivity contribution is 6.18. The highest BCUT2D eigenvalue weighted by atomic mass is 16.3. The van der Waals surface area contributed by atoms with Crippen LogP contribution in [0, 0.1) is 0 Å². The predicted octanol–water partition coefficient (Wildman–Crippen LogP) is 6.90. The Hall–Kier alpha value is -3.52. The second-order valence-corrected chi connectivity index (χ2v) is 7.06. The first kappa shape index (κ1) is 14.6. The maximum atomic E-state index is 6.30. The summed E-state index contributed by atoms with van der Waals surface area (Å²) in [5.41, 5.74) is 6.74. The second kappa shape index (κ2) is 5.24. The lowest BCUT2D eigenvalue weighted by molar-refractivity contribution is 0.670. The number of hydrogen-bond acceptors (Lipinski definition) is 1. The van der Waals surface area contributed by atoms with Gasteiger partial charge in [0.05, 0.1) is 0 Å². The van der Waals surface area contributed by atoms with Gasteiger partial charge in [0, 0.05) is 45.2 Å². The fourth-order valence-electron chi connectivity index (χ4n) is 4.39. The molecule has 2 aromatic heterocycles. The van der Waals surface area contributed by atoms with Gasteiger partial charge in [0.25, 0.3) is 0 Å². The van der Waals surface area contributed by atoms with Crippen molar-refractivity contribution < 1.29 is 4.42 Å². The molecule has 0 aliphatic carbocycles. The third-order valence-electron chi connectivity index (χ3n) is 5.63. The quantitative estimate of drug-likeness (QED) is 0.316. The van der Waals surface area contributed by atoms with E-state index < -0.39 is 0 Å². The van der Waals surface area contributed by atoms with Crippen LogP contribution in [0.25, 0.3) is 54.9 Å². The Labute approximate surface area is 156 Å². The maximum absolute atomic E-state index is 6.30. The zero-order valence-corrected chi connectivity index (χ0v) is 14.9. The van der Waals surface area contributed by atoms with Crippen LogP contribution in [0.15, 0.2) is 89.3 Å². The molecule has 27 heavy (non-hydrogen) atoms. The van der Waals surface area contributed by atoms with Gasteiger partial charge < -0.3 is 8.98 Å². The van der Waals surface area contributed by atoms with E-state index in [-0.39, 0.29) is 0 Å². The minimum Gasteiger partial charge on any atom is -0.455 e. The average Bonchev–Trinajstić information content (AvgIpc) is 3.24. The van der Waals surface area contributed by atoms with Crippen LogP contribution < -0.4 is 0 Å². The highest BCUT2D eigenvalue weighted by Gasteiger charge is 2.16. The Bertz CT molecular complexity index is 1480. The summed E-state index contributed by atoms with van der Waals surface area (Å²) in [4.78, 5) is 0. The minimum atomic E-state index is 0.935. The number of fused-ring (bicyclic) bond motifs is 6. The molecule has 0 N–H and O–H groups in total. The lowest BCUT2D eigenvalue weighted by Crippen LogP contribution is -1.86. The molecular formula is C25H17NO. The van der Waals surface area contributed by atoms with Gasteiger partial charge in [0.15, 0.2) is 0 Å². The average molecular weight is 347 g/mol. The first-order valence-electron chi connectivity index (χ1n) is 9.20. The lowest BCUT2D eigenvalue weighted by Gasteiger charge is -2.06. The molecular weight excluding hydrogens is 330 g/mol. The minimum absolute atomic E-state index is 0.935. The summed E-state index contributed by atoms with van der Waals surface area (Å²) in [5, 5.41) is 4.89. The smallest absolute Gasteiger partial charge is 0.143 e. The summed E-state index contributed by atoms with van der Waals surface area (Å²) in [7, 11) is 2.14. The molecule has 0 amide bonds. The van der Waals surface area contributed by atoms with Gasteiger partial charge >= 0.3 is 0 Å². The van der Waals surface area contributed by atoms with Crippen LogP contribution in [0.2, 0.25) is 0 Å². The largest absolute Gasteiger partial charge is 0.455 e. The molecule has 2 heterocycles. The summed E-state index contributed by atoms with van der Waals surface area (Å²) in [5.74, 6) is 0. The van der Waals surface area contributed by atoms with Gasteiger partial charge in [0.2, 0.25) is 0 Å². The Morgan fingerprint density at radius 2 is 1.26 bits per heavy atom. The summed E-state index contributed by atoms with van der Waals surface area (Å²) in [6.45, 7) is 0. The number of benzene rings is 4. The van der Waals surface area contributed by atoms with Gasteiger partial charge in [-0.25, -0.2) is 0 Å². The third kappa shape index (κ3) is 1.90. The number of hydrogen-bond donors (Lipinski definition) is 0. The van der Waals surface area contributed by atoms with Crippen LogP contribution in [0.4, 0.5) is 0 Å². The second-order valence-electron chi connectivity index (χ2n) is 7.06. The van der Waals surface area contributed by atoms with Crippen LogP contribution in [0.1, 0.15) is 0 Å². The summed E-state index contributed by atoms with van der Waals surface area (Å²) in [6, 6.07) is 29.8. The number of rotatable bonds is 1. The van der Waals surface area contributed by atoms with Crippen molar-refractivity contribution in [1.82, 2.24) is 4.57 Å². The fourth-order valence-corrected chi connectivity index (χ4v) is 4.39. The molecule has 2 heteroatoms. The Morgan fingerprint density at radius 3 is 2.19 bits per heavy atom. The zero-order valence-electron chi connectivity index (χ0n) is 14.9. The highest BCUT2D eigenvalue weighted by Crippen LogP contribution is 2.41. The molecule has 0 spiro atoms. The Kier molecular flexibility index (Phi) is 2.84. The van der Waals surface area contributed by atoms with Crippen LogP contribution >= 0.6 is 0 Å². The van der Waals surface area contributed by atoms with E-state index in [2.05, 4.69) is 84.4 Å². The molecule has 128 valence electrons. The number of furan rings is 1. The molecule has 0 unspecified atom stereocenters. The number of nitrogens with zero attached hydrogens (tertiary/aromatic N) is 1. The van der Waals surface area contributed by atoms with E-state index in [1.165, 1.54) is 38.1 Å². The fraction of sp³-hybridized carbons (Fsp3) is 0.0400. The zero-order chi connectivity index (χ0) is 18.0. The monoisotopic (exact) mass is 347 g/mol. The van der Waals surface area contributed by atoms with Gasteiger partial charge in [-0.1, -0.05) is 66.7 Å². The van der Waals surface area contributed by atoms with Gasteiger partial charge in [-0.2, -0.15) is 0 Å². The van der Waals surface area contributed by atoms with Gasteiger partial charge in [-0.3, -0.25) is 0 Å². The number of aryl methyl sites for hydroxylation is 1. The summed E-state index contributed by atoms with van der Waals surface area (Å²) >= 11 is 0. The molecule has 0 saturated heterocycles. The van der Waals surface area contributed by atoms with Crippen molar-refractivity contribution in [3.8, 4) is 11.1 Å². The number of aromatic nitrogens is 1. The van der Waals surface area contributed by atoms with Crippen LogP contribution in [-0.2, 0) is 7.05 Å². The van der Waals surface area contributed by atoms with E-state index >= 15 is 0 Å². The molecule has 6 aromatic rings. The summed E-state index contributed by atoms with van der Waals surface area (Å²) < 4.78 is 8.57. The Balaban J connectivity index is 1.80. The summed E-state index contributed by atoms with van der Waals surface area (Å²) in [6.07, 6.45) is 0. The normalized spacial score (nSPS) is 11.9. The van der Waals surface area contributed by atoms with Crippen molar-refractivity contribution in [3.05, 3.63) is 84.9 Å². The van der Waals surface area contributed by atoms with Crippen molar-refractivity contribution in [2.24, 2.45) is 7.05 Å². The SMILES string of the molecule is Cn1c2ccccc2c2c(-c3cccc4c3oc3ccccc34)cccc21. The molecule has 0 atom stereocenters. The first-order valence-corrected chi connectivity index (χ1v) is 9.20. The van der Waals surface area contributed by atoms with Crippen molar-refractivity contribution in [2.75, 3.05) is 0 Å². The van der Waals surface area contributed by atoms with Crippen LogP contribution in [0.3, 0.4) is 0 Å². The van der Waals surface area contributed by atoms with Gasteiger partial charge in [0.1, 0.15) is 11.2 Å². The molecule has 6 rings (SSSR count). The van der Waals surface area contributed by atoms with Crippen LogP contribution in [0.5, 0.6) is 0 Å². The van der Waals surface area contributed by atoms with Crippen LogP contribution in [-0.4, -0.2) is 4.57 Å². The molecule has 0 aliphatic rings. The Morgan fingerprint density at radius 1 is 0.593 bits per heavy atom. The van der Waals surface area contributed by atoms with E-state index in [9.17, 15) is 0 Å². The molecule has 4 aromatic carbocycles. The van der Waals surface area contributed by atoms with E-state index in [4.69, 9.17) is 4.42 Å². The van der Waals surface area contributed by atoms with E-state index in [0.717, 1.165) is 16.7 Å². The molecule has 0 radical (unpaired) electrons. The van der Waals surface area contributed by atoms with E-state index in [1.807, 2.05) is 12.1 Å². The molecule has 0 aliphatic heterocycles. The van der Waals surface area contributed by atoms with E-state index in [0.29, 0.717) is 0 Å². The maximum Gasteiger partial charge on any atom is 0.143 e. The van der Waals surface area contributed by atoms with E-state index in [1.54, 1.807) is 0 Å².